The zero-order valence-corrected chi connectivity index (χ0v) is 20.5. The van der Waals surface area contributed by atoms with Gasteiger partial charge in [0.2, 0.25) is 11.3 Å². The zero-order valence-electron chi connectivity index (χ0n) is 19.7. The van der Waals surface area contributed by atoms with E-state index in [0.29, 0.717) is 42.8 Å². The van der Waals surface area contributed by atoms with Crippen LogP contribution in [0.5, 0.6) is 0 Å². The van der Waals surface area contributed by atoms with E-state index in [1.165, 1.54) is 6.20 Å². The number of nitrogens with one attached hydrogen (secondary N) is 1. The number of hydrogen-bond donors (Lipinski definition) is 3. The molecule has 3 atom stereocenters. The van der Waals surface area contributed by atoms with E-state index in [9.17, 15) is 19.5 Å². The molecule has 34 heavy (non-hydrogen) atoms. The van der Waals surface area contributed by atoms with Crippen LogP contribution in [0.2, 0.25) is 0 Å². The molecule has 0 radical (unpaired) electrons. The molecule has 0 bridgehead atoms. The summed E-state index contributed by atoms with van der Waals surface area (Å²) in [6.45, 7) is 7.25. The van der Waals surface area contributed by atoms with Crippen LogP contribution in [0.3, 0.4) is 0 Å². The summed E-state index contributed by atoms with van der Waals surface area (Å²) in [5.74, 6) is -2.06. The lowest BCUT2D eigenvalue weighted by Crippen LogP contribution is -2.50. The van der Waals surface area contributed by atoms with E-state index < -0.39 is 28.8 Å². The highest BCUT2D eigenvalue weighted by molar-refractivity contribution is 5.95. The van der Waals surface area contributed by atoms with Crippen LogP contribution in [0.4, 0.5) is 10.1 Å². The number of likely N-dealkylation sites (N-methyl/N-ethyl adjacent to an activating group) is 1. The van der Waals surface area contributed by atoms with Crippen molar-refractivity contribution < 1.29 is 19.1 Å². The van der Waals surface area contributed by atoms with Crippen LogP contribution in [0, 0.1) is 17.7 Å². The second-order valence-electron chi connectivity index (χ2n) is 9.50. The van der Waals surface area contributed by atoms with E-state index in [2.05, 4.69) is 5.32 Å². The number of carboxylic acids is 1. The molecule has 1 aromatic heterocycles. The summed E-state index contributed by atoms with van der Waals surface area (Å²) in [5.41, 5.74) is 6.50. The molecule has 9 nitrogen and oxygen atoms in total. The summed E-state index contributed by atoms with van der Waals surface area (Å²) in [6, 6.07) is 0.342. The molecule has 0 aliphatic carbocycles. The van der Waals surface area contributed by atoms with Crippen molar-refractivity contribution in [3.8, 4) is 0 Å². The summed E-state index contributed by atoms with van der Waals surface area (Å²) in [4.78, 5) is 38.8. The van der Waals surface area contributed by atoms with Crippen molar-refractivity contribution in [3.05, 3.63) is 39.4 Å². The van der Waals surface area contributed by atoms with Crippen LogP contribution in [-0.2, 0) is 11.2 Å². The second-order valence-corrected chi connectivity index (χ2v) is 9.50. The smallest absolute Gasteiger partial charge is 0.341 e. The minimum Gasteiger partial charge on any atom is -0.477 e. The summed E-state index contributed by atoms with van der Waals surface area (Å²) in [6.07, 6.45) is 1.81. The number of hydrogen-bond acceptors (Lipinski definition) is 6. The van der Waals surface area contributed by atoms with Crippen LogP contribution >= 0.6 is 12.4 Å². The zero-order chi connectivity index (χ0) is 24.2. The minimum atomic E-state index is -1.35. The number of anilines is 1. The normalized spacial score (nSPS) is 20.4. The van der Waals surface area contributed by atoms with E-state index in [1.54, 1.807) is 11.7 Å². The van der Waals surface area contributed by atoms with Crippen molar-refractivity contribution in [2.24, 2.45) is 17.6 Å². The van der Waals surface area contributed by atoms with Gasteiger partial charge >= 0.3 is 5.97 Å². The molecule has 3 heterocycles. The average molecular weight is 496 g/mol. The van der Waals surface area contributed by atoms with Gasteiger partial charge in [0.15, 0.2) is 0 Å². The number of rotatable bonds is 5. The fourth-order valence-corrected chi connectivity index (χ4v) is 4.81. The van der Waals surface area contributed by atoms with Crippen LogP contribution in [0.1, 0.15) is 36.7 Å². The number of aromatic carboxylic acids is 1. The fraction of sp³-hybridized carbons (Fsp3) is 0.522. The molecule has 2 aromatic rings. The number of amides is 1. The molecular formula is C23H31ClFN5O4. The second kappa shape index (κ2) is 9.42. The quantitative estimate of drug-likeness (QED) is 0.571. The molecule has 11 heteroatoms. The van der Waals surface area contributed by atoms with Gasteiger partial charge in [-0.1, -0.05) is 20.8 Å². The van der Waals surface area contributed by atoms with Crippen LogP contribution in [0.25, 0.3) is 10.9 Å². The third-order valence-electron chi connectivity index (χ3n) is 6.85. The molecule has 1 saturated heterocycles. The molecule has 186 valence electrons. The first-order valence-electron chi connectivity index (χ1n) is 11.2. The SMILES string of the molecule is CC(C)C(N)C(=O)N[C@@H]1CN(c2c(F)cc3c(=O)c(C(=O)O)cn4c3c2CCN4C)C[C@@H]1C.Cl. The number of carboxylic acid groups (broad SMARTS) is 1. The van der Waals surface area contributed by atoms with E-state index in [1.807, 2.05) is 30.7 Å². The first-order valence-corrected chi connectivity index (χ1v) is 11.2. The van der Waals surface area contributed by atoms with E-state index >= 15 is 4.39 Å². The molecule has 1 unspecified atom stereocenters. The van der Waals surface area contributed by atoms with E-state index in [4.69, 9.17) is 5.73 Å². The van der Waals surface area contributed by atoms with E-state index in [0.717, 1.165) is 6.07 Å². The van der Waals surface area contributed by atoms with Crippen LogP contribution in [-0.4, -0.2) is 60.4 Å². The summed E-state index contributed by atoms with van der Waals surface area (Å²) in [5, 5.41) is 14.3. The van der Waals surface area contributed by atoms with Crippen LogP contribution < -0.4 is 26.4 Å². The summed E-state index contributed by atoms with van der Waals surface area (Å²) >= 11 is 0. The molecule has 0 saturated carbocycles. The third-order valence-corrected chi connectivity index (χ3v) is 6.85. The fourth-order valence-electron chi connectivity index (χ4n) is 4.81. The van der Waals surface area contributed by atoms with Gasteiger partial charge in [0, 0.05) is 38.4 Å². The van der Waals surface area contributed by atoms with Gasteiger partial charge in [-0.3, -0.25) is 14.3 Å². The molecule has 1 fully saturated rings. The van der Waals surface area contributed by atoms with Gasteiger partial charge in [-0.05, 0) is 24.3 Å². The Bertz CT molecular complexity index is 1200. The minimum absolute atomic E-state index is 0. The van der Waals surface area contributed by atoms with Crippen molar-refractivity contribution in [2.75, 3.05) is 36.6 Å². The highest BCUT2D eigenvalue weighted by atomic mass is 35.5. The standard InChI is InChI=1S/C23H30FN5O4.ClH/c1-11(2)18(25)22(31)26-17-10-28(8-12(17)3)20-13-5-6-27(4)29-9-15(23(32)33)21(30)14(19(13)29)7-16(20)24;/h7,9,11-12,17-18H,5-6,8,10,25H2,1-4H3,(H,26,31)(H,32,33);1H/t12-,17+,18?;/m0./s1. The van der Waals surface area contributed by atoms with Gasteiger partial charge in [0.1, 0.15) is 11.4 Å². The average Bonchev–Trinajstić information content (AvgIpc) is 3.10. The molecule has 1 aromatic carbocycles. The van der Waals surface area contributed by atoms with Crippen molar-refractivity contribution >= 4 is 40.9 Å². The van der Waals surface area contributed by atoms with Crippen molar-refractivity contribution in [3.63, 3.8) is 0 Å². The Morgan fingerprint density at radius 1 is 1.29 bits per heavy atom. The molecule has 2 aliphatic heterocycles. The maximum atomic E-state index is 15.5. The lowest BCUT2D eigenvalue weighted by atomic mass is 9.99. The number of nitrogens with zero attached hydrogens (tertiary/aromatic N) is 3. The van der Waals surface area contributed by atoms with Gasteiger partial charge in [-0.15, -0.1) is 12.4 Å². The Morgan fingerprint density at radius 2 is 1.97 bits per heavy atom. The predicted octanol–water partition coefficient (Wildman–Crippen LogP) is 1.31. The predicted molar refractivity (Wildman–Crippen MR) is 131 cm³/mol. The van der Waals surface area contributed by atoms with Gasteiger partial charge in [0.05, 0.1) is 28.7 Å². The number of benzene rings is 1. The number of carbonyl (C=O) groups is 2. The summed E-state index contributed by atoms with van der Waals surface area (Å²) in [7, 11) is 1.79. The number of halogens is 2. The molecule has 4 rings (SSSR count). The van der Waals surface area contributed by atoms with Gasteiger partial charge < -0.3 is 26.1 Å². The highest BCUT2D eigenvalue weighted by Crippen LogP contribution is 2.36. The Hall–Kier alpha value is -2.85. The lowest BCUT2D eigenvalue weighted by Gasteiger charge is -2.33. The maximum absolute atomic E-state index is 15.5. The lowest BCUT2D eigenvalue weighted by molar-refractivity contribution is -0.124. The third kappa shape index (κ3) is 4.20. The number of aromatic nitrogens is 1. The Morgan fingerprint density at radius 3 is 2.59 bits per heavy atom. The van der Waals surface area contributed by atoms with Crippen LogP contribution in [0.15, 0.2) is 17.1 Å². The van der Waals surface area contributed by atoms with E-state index in [-0.39, 0.29) is 41.6 Å². The van der Waals surface area contributed by atoms with Gasteiger partial charge in [0.25, 0.3) is 0 Å². The number of pyridine rings is 1. The molecule has 4 N–H and O–H groups in total. The van der Waals surface area contributed by atoms with Gasteiger partial charge in [-0.2, -0.15) is 0 Å². The van der Waals surface area contributed by atoms with Crippen molar-refractivity contribution in [1.82, 2.24) is 9.99 Å². The molecule has 2 aliphatic rings. The number of carbonyl (C=O) groups excluding carboxylic acids is 1. The first-order chi connectivity index (χ1) is 15.5. The Labute approximate surface area is 203 Å². The van der Waals surface area contributed by atoms with Crippen molar-refractivity contribution in [2.45, 2.75) is 39.3 Å². The van der Waals surface area contributed by atoms with Gasteiger partial charge in [-0.25, -0.2) is 9.18 Å². The largest absolute Gasteiger partial charge is 0.477 e. The maximum Gasteiger partial charge on any atom is 0.341 e. The molecular weight excluding hydrogens is 465 g/mol. The summed E-state index contributed by atoms with van der Waals surface area (Å²) < 4.78 is 17.1. The number of nitrogens with two attached hydrogens (primary N) is 1. The monoisotopic (exact) mass is 495 g/mol. The molecule has 1 amide bonds. The molecule has 0 spiro atoms. The Balaban J connectivity index is 0.00000324. The highest BCUT2D eigenvalue weighted by Gasteiger charge is 2.36. The Kier molecular flexibility index (Phi) is 7.14. The topological polar surface area (TPSA) is 121 Å². The van der Waals surface area contributed by atoms with Crippen molar-refractivity contribution in [1.29, 1.82) is 0 Å². The first kappa shape index (κ1) is 25.8.